The van der Waals surface area contributed by atoms with Gasteiger partial charge in [-0.25, -0.2) is 4.79 Å². The number of nitrogens with one attached hydrogen (secondary N) is 1. The molecule has 0 radical (unpaired) electrons. The number of carbonyl (C=O) groups is 1. The van der Waals surface area contributed by atoms with Crippen LogP contribution in [-0.2, 0) is 4.74 Å². The molecule has 8 nitrogen and oxygen atoms in total. The van der Waals surface area contributed by atoms with Gasteiger partial charge in [-0.1, -0.05) is 28.9 Å². The summed E-state index contributed by atoms with van der Waals surface area (Å²) in [6.45, 7) is 5.57. The van der Waals surface area contributed by atoms with Crippen molar-refractivity contribution in [2.24, 2.45) is 0 Å². The van der Waals surface area contributed by atoms with E-state index in [0.29, 0.717) is 42.9 Å². The molecule has 4 rings (SSSR count). The van der Waals surface area contributed by atoms with E-state index in [9.17, 15) is 4.79 Å². The molecule has 0 saturated carbocycles. The first-order valence-electron chi connectivity index (χ1n) is 11.1. The average Bonchev–Trinajstić information content (AvgIpc) is 3.33. The number of amides is 2. The first-order chi connectivity index (χ1) is 16.5. The number of aromatic nitrogens is 2. The molecule has 2 aromatic carbocycles. The van der Waals surface area contributed by atoms with Crippen molar-refractivity contribution in [2.75, 3.05) is 26.9 Å². The largest absolute Gasteiger partial charge is 0.497 e. The maximum atomic E-state index is 13.0. The fraction of sp³-hybridized carbons (Fsp3) is 0.320. The van der Waals surface area contributed by atoms with E-state index in [1.807, 2.05) is 50.2 Å². The van der Waals surface area contributed by atoms with Crippen LogP contribution >= 0.6 is 11.6 Å². The fourth-order valence-electron chi connectivity index (χ4n) is 3.89. The molecule has 2 heterocycles. The van der Waals surface area contributed by atoms with Crippen molar-refractivity contribution < 1.29 is 18.8 Å². The first kappa shape index (κ1) is 23.8. The summed E-state index contributed by atoms with van der Waals surface area (Å²) in [5, 5.41) is 7.90. The van der Waals surface area contributed by atoms with Crippen LogP contribution in [0.2, 0.25) is 5.02 Å². The average molecular weight is 483 g/mol. The molecule has 1 aliphatic heterocycles. The van der Waals surface area contributed by atoms with Gasteiger partial charge in [-0.15, -0.1) is 0 Å². The topological polar surface area (TPSA) is 89.7 Å². The van der Waals surface area contributed by atoms with Crippen molar-refractivity contribution in [3.05, 3.63) is 70.7 Å². The molecule has 1 aliphatic rings. The van der Waals surface area contributed by atoms with E-state index in [-0.39, 0.29) is 6.03 Å². The Bertz CT molecular complexity index is 1160. The number of methoxy groups -OCH3 is 1. The molecule has 3 aromatic rings. The Morgan fingerprint density at radius 1 is 1.15 bits per heavy atom. The van der Waals surface area contributed by atoms with Crippen LogP contribution in [0.15, 0.2) is 58.8 Å². The van der Waals surface area contributed by atoms with Gasteiger partial charge >= 0.3 is 6.03 Å². The molecule has 1 aromatic heterocycles. The number of halogens is 1. The molecule has 0 bridgehead atoms. The number of benzene rings is 2. The van der Waals surface area contributed by atoms with Crippen molar-refractivity contribution in [2.45, 2.75) is 26.3 Å². The minimum Gasteiger partial charge on any atom is -0.497 e. The third kappa shape index (κ3) is 5.08. The van der Waals surface area contributed by atoms with Crippen LogP contribution in [-0.4, -0.2) is 47.9 Å². The van der Waals surface area contributed by atoms with Gasteiger partial charge in [0.15, 0.2) is 0 Å². The minimum absolute atomic E-state index is 0.184. The summed E-state index contributed by atoms with van der Waals surface area (Å²) in [6, 6.07) is 14.1. The Morgan fingerprint density at radius 3 is 2.56 bits per heavy atom. The summed E-state index contributed by atoms with van der Waals surface area (Å²) in [7, 11) is 1.61. The molecular weight excluding hydrogens is 456 g/mol. The Morgan fingerprint density at radius 2 is 1.88 bits per heavy atom. The molecule has 0 saturated heterocycles. The van der Waals surface area contributed by atoms with Crippen LogP contribution in [0.4, 0.5) is 4.79 Å². The maximum absolute atomic E-state index is 13.0. The van der Waals surface area contributed by atoms with Crippen molar-refractivity contribution in [1.29, 1.82) is 0 Å². The standard InChI is InChI=1S/C25H27ClN4O4/c1-4-33-15-5-14-30-16(2)21(22(27-25(30)31)17-8-12-20(32-3)13-9-17)24-28-23(29-34-24)18-6-10-19(26)11-7-18/h6-13,22H,4-5,14-15H2,1-3H3,(H,27,31). The molecule has 1 atom stereocenters. The van der Waals surface area contributed by atoms with E-state index in [2.05, 4.69) is 15.5 Å². The lowest BCUT2D eigenvalue weighted by Gasteiger charge is -2.35. The van der Waals surface area contributed by atoms with Crippen LogP contribution in [0, 0.1) is 0 Å². The second kappa shape index (κ2) is 10.7. The predicted molar refractivity (Wildman–Crippen MR) is 129 cm³/mol. The zero-order valence-electron chi connectivity index (χ0n) is 19.4. The van der Waals surface area contributed by atoms with E-state index < -0.39 is 6.04 Å². The molecular formula is C25H27ClN4O4. The number of urea groups is 1. The third-order valence-corrected chi connectivity index (χ3v) is 5.93. The second-order valence-electron chi connectivity index (χ2n) is 7.79. The number of hydrogen-bond donors (Lipinski definition) is 1. The highest BCUT2D eigenvalue weighted by Gasteiger charge is 2.35. The summed E-state index contributed by atoms with van der Waals surface area (Å²) in [5.41, 5.74) is 3.16. The lowest BCUT2D eigenvalue weighted by atomic mass is 9.94. The third-order valence-electron chi connectivity index (χ3n) is 5.68. The SMILES string of the molecule is CCOCCCN1C(=O)NC(c2ccc(OC)cc2)C(c2nc(-c3ccc(Cl)cc3)no2)=C1C. The molecule has 2 amide bonds. The Hall–Kier alpha value is -3.36. The van der Waals surface area contributed by atoms with Gasteiger partial charge in [0.1, 0.15) is 5.75 Å². The van der Waals surface area contributed by atoms with Crippen LogP contribution in [0.5, 0.6) is 5.75 Å². The summed E-state index contributed by atoms with van der Waals surface area (Å²) in [4.78, 5) is 19.4. The highest BCUT2D eigenvalue weighted by Crippen LogP contribution is 2.37. The number of hydrogen-bond acceptors (Lipinski definition) is 6. The summed E-state index contributed by atoms with van der Waals surface area (Å²) < 4.78 is 16.4. The van der Waals surface area contributed by atoms with Crippen LogP contribution in [0.3, 0.4) is 0 Å². The van der Waals surface area contributed by atoms with Gasteiger partial charge in [0.2, 0.25) is 5.82 Å². The molecule has 34 heavy (non-hydrogen) atoms. The van der Waals surface area contributed by atoms with Crippen LogP contribution < -0.4 is 10.1 Å². The minimum atomic E-state index is -0.458. The summed E-state index contributed by atoms with van der Waals surface area (Å²) >= 11 is 6.01. The van der Waals surface area contributed by atoms with Gasteiger partial charge in [0, 0.05) is 36.0 Å². The van der Waals surface area contributed by atoms with E-state index in [4.69, 9.17) is 25.6 Å². The molecule has 9 heteroatoms. The monoisotopic (exact) mass is 482 g/mol. The predicted octanol–water partition coefficient (Wildman–Crippen LogP) is 5.32. The molecule has 1 unspecified atom stereocenters. The Labute approximate surface area is 203 Å². The molecule has 0 fully saturated rings. The quantitative estimate of drug-likeness (QED) is 0.415. The van der Waals surface area contributed by atoms with E-state index in [1.54, 1.807) is 24.1 Å². The fourth-order valence-corrected chi connectivity index (χ4v) is 4.02. The second-order valence-corrected chi connectivity index (χ2v) is 8.22. The number of nitrogens with zero attached hydrogens (tertiary/aromatic N) is 3. The van der Waals surface area contributed by atoms with Crippen molar-refractivity contribution in [3.8, 4) is 17.1 Å². The maximum Gasteiger partial charge on any atom is 0.322 e. The zero-order valence-corrected chi connectivity index (χ0v) is 20.1. The van der Waals surface area contributed by atoms with Gasteiger partial charge in [-0.3, -0.25) is 4.90 Å². The lowest BCUT2D eigenvalue weighted by molar-refractivity contribution is 0.136. The van der Waals surface area contributed by atoms with Crippen molar-refractivity contribution in [1.82, 2.24) is 20.4 Å². The molecule has 1 N–H and O–H groups in total. The van der Waals surface area contributed by atoms with Gasteiger partial charge in [0.25, 0.3) is 5.89 Å². The van der Waals surface area contributed by atoms with Gasteiger partial charge in [0.05, 0.1) is 18.7 Å². The van der Waals surface area contributed by atoms with Gasteiger partial charge in [-0.05, 0) is 62.2 Å². The van der Waals surface area contributed by atoms with Crippen molar-refractivity contribution in [3.63, 3.8) is 0 Å². The van der Waals surface area contributed by atoms with E-state index in [0.717, 1.165) is 28.1 Å². The number of allylic oxidation sites excluding steroid dienone is 1. The smallest absolute Gasteiger partial charge is 0.322 e. The number of rotatable bonds is 9. The highest BCUT2D eigenvalue weighted by molar-refractivity contribution is 6.30. The normalized spacial score (nSPS) is 16.1. The number of ether oxygens (including phenoxy) is 2. The summed E-state index contributed by atoms with van der Waals surface area (Å²) in [5.74, 6) is 1.52. The number of carbonyl (C=O) groups excluding carboxylic acids is 1. The Kier molecular flexibility index (Phi) is 7.49. The van der Waals surface area contributed by atoms with Gasteiger partial charge in [-0.2, -0.15) is 4.98 Å². The van der Waals surface area contributed by atoms with Crippen LogP contribution in [0.25, 0.3) is 17.0 Å². The van der Waals surface area contributed by atoms with Crippen LogP contribution in [0.1, 0.15) is 37.8 Å². The van der Waals surface area contributed by atoms with E-state index >= 15 is 0 Å². The summed E-state index contributed by atoms with van der Waals surface area (Å²) in [6.07, 6.45) is 0.707. The van der Waals surface area contributed by atoms with E-state index in [1.165, 1.54) is 0 Å². The zero-order chi connectivity index (χ0) is 24.1. The first-order valence-corrected chi connectivity index (χ1v) is 11.5. The Balaban J connectivity index is 1.72. The highest BCUT2D eigenvalue weighted by atomic mass is 35.5. The molecule has 0 aliphatic carbocycles. The van der Waals surface area contributed by atoms with Gasteiger partial charge < -0.3 is 19.3 Å². The van der Waals surface area contributed by atoms with Crippen molar-refractivity contribution >= 4 is 23.2 Å². The lowest BCUT2D eigenvalue weighted by Crippen LogP contribution is -2.46. The molecule has 178 valence electrons. The molecule has 0 spiro atoms.